The third-order valence-electron chi connectivity index (χ3n) is 2.80. The molecule has 0 amide bonds. The quantitative estimate of drug-likeness (QED) is 0.615. The highest BCUT2D eigenvalue weighted by Gasteiger charge is 2.21. The van der Waals surface area contributed by atoms with Crippen molar-refractivity contribution in [2.45, 2.75) is 13.0 Å². The highest BCUT2D eigenvalue weighted by molar-refractivity contribution is 5.88. The third kappa shape index (κ3) is 2.94. The van der Waals surface area contributed by atoms with Gasteiger partial charge in [0, 0.05) is 19.3 Å². The molecule has 2 heterocycles. The molecule has 2 aromatic heterocycles. The van der Waals surface area contributed by atoms with Crippen LogP contribution in [-0.4, -0.2) is 35.7 Å². The maximum absolute atomic E-state index is 11.0. The molecule has 2 N–H and O–H groups in total. The van der Waals surface area contributed by atoms with Gasteiger partial charge in [0.2, 0.25) is 5.82 Å². The molecular weight excluding hydrogens is 280 g/mol. The summed E-state index contributed by atoms with van der Waals surface area (Å²) in [4.78, 5) is 25.0. The number of carbonyl (C=O) groups is 1. The number of aromatic carboxylic acids is 1. The zero-order chi connectivity index (χ0) is 15.6. The Labute approximate surface area is 118 Å². The van der Waals surface area contributed by atoms with Crippen LogP contribution in [0.15, 0.2) is 18.6 Å². The zero-order valence-corrected chi connectivity index (χ0v) is 11.2. The second-order valence-electron chi connectivity index (χ2n) is 4.32. The molecule has 0 aliphatic carbocycles. The SMILES string of the molecule is CC(Nc1ncc(C(=O)O)cc1[N+](=O)[O-])c1nncn1C. The summed E-state index contributed by atoms with van der Waals surface area (Å²) in [5.41, 5.74) is -0.664. The van der Waals surface area contributed by atoms with Gasteiger partial charge in [0.25, 0.3) is 0 Å². The van der Waals surface area contributed by atoms with Gasteiger partial charge in [-0.2, -0.15) is 0 Å². The van der Waals surface area contributed by atoms with E-state index in [1.54, 1.807) is 18.5 Å². The Hall–Kier alpha value is -3.04. The van der Waals surface area contributed by atoms with Crippen LogP contribution >= 0.6 is 0 Å². The molecule has 2 aromatic rings. The first-order chi connectivity index (χ1) is 9.90. The summed E-state index contributed by atoms with van der Waals surface area (Å²) in [5.74, 6) is -0.743. The van der Waals surface area contributed by atoms with Crippen molar-refractivity contribution >= 4 is 17.5 Å². The standard InChI is InChI=1S/C11H12N6O4/c1-6(10-15-13-5-16(10)2)14-9-8(17(20)21)3-7(4-12-9)11(18)19/h3-6H,1-2H3,(H,12,14)(H,18,19). The first kappa shape index (κ1) is 14.4. The fourth-order valence-electron chi connectivity index (χ4n) is 1.77. The Morgan fingerprint density at radius 3 is 2.81 bits per heavy atom. The Morgan fingerprint density at radius 2 is 2.29 bits per heavy atom. The van der Waals surface area contributed by atoms with Crippen LogP contribution in [0.3, 0.4) is 0 Å². The molecule has 0 spiro atoms. The van der Waals surface area contributed by atoms with Gasteiger partial charge in [-0.3, -0.25) is 10.1 Å². The Kier molecular flexibility index (Phi) is 3.78. The van der Waals surface area contributed by atoms with Crippen molar-refractivity contribution in [2.75, 3.05) is 5.32 Å². The summed E-state index contributed by atoms with van der Waals surface area (Å²) in [6.45, 7) is 1.74. The third-order valence-corrected chi connectivity index (χ3v) is 2.80. The van der Waals surface area contributed by atoms with Crippen molar-refractivity contribution in [3.8, 4) is 0 Å². The van der Waals surface area contributed by atoms with E-state index in [-0.39, 0.29) is 17.4 Å². The van der Waals surface area contributed by atoms with E-state index in [0.29, 0.717) is 5.82 Å². The van der Waals surface area contributed by atoms with E-state index in [2.05, 4.69) is 20.5 Å². The highest BCUT2D eigenvalue weighted by atomic mass is 16.6. The average molecular weight is 292 g/mol. The normalized spacial score (nSPS) is 11.9. The predicted octanol–water partition coefficient (Wildman–Crippen LogP) is 0.990. The molecule has 1 atom stereocenters. The summed E-state index contributed by atoms with van der Waals surface area (Å²) in [6.07, 6.45) is 2.56. The first-order valence-corrected chi connectivity index (χ1v) is 5.88. The average Bonchev–Trinajstić information content (AvgIpc) is 2.85. The van der Waals surface area contributed by atoms with Gasteiger partial charge in [0.1, 0.15) is 6.33 Å². The molecule has 0 fully saturated rings. The largest absolute Gasteiger partial charge is 0.478 e. The van der Waals surface area contributed by atoms with E-state index in [1.807, 2.05) is 0 Å². The van der Waals surface area contributed by atoms with Crippen molar-refractivity contribution < 1.29 is 14.8 Å². The Bertz CT molecular complexity index is 698. The Balaban J connectivity index is 2.33. The number of pyridine rings is 1. The molecule has 110 valence electrons. The summed E-state index contributed by atoms with van der Waals surface area (Å²) < 4.78 is 1.66. The number of nitrogens with one attached hydrogen (secondary N) is 1. The smallest absolute Gasteiger partial charge is 0.337 e. The number of rotatable bonds is 5. The van der Waals surface area contributed by atoms with E-state index in [4.69, 9.17) is 5.11 Å². The maximum atomic E-state index is 11.0. The first-order valence-electron chi connectivity index (χ1n) is 5.88. The van der Waals surface area contributed by atoms with Crippen LogP contribution < -0.4 is 5.32 Å². The molecule has 0 radical (unpaired) electrons. The van der Waals surface area contributed by atoms with E-state index in [0.717, 1.165) is 12.3 Å². The van der Waals surface area contributed by atoms with Crippen molar-refractivity contribution in [1.29, 1.82) is 0 Å². The minimum Gasteiger partial charge on any atom is -0.478 e. The molecule has 0 aliphatic heterocycles. The van der Waals surface area contributed by atoms with Crippen LogP contribution in [0.2, 0.25) is 0 Å². The Morgan fingerprint density at radius 1 is 1.57 bits per heavy atom. The number of nitro groups is 1. The molecule has 0 bridgehead atoms. The number of hydrogen-bond acceptors (Lipinski definition) is 7. The van der Waals surface area contributed by atoms with Crippen molar-refractivity contribution in [3.05, 3.63) is 40.1 Å². The van der Waals surface area contributed by atoms with Gasteiger partial charge in [0.05, 0.1) is 16.5 Å². The van der Waals surface area contributed by atoms with Gasteiger partial charge in [-0.1, -0.05) is 0 Å². The van der Waals surface area contributed by atoms with Crippen molar-refractivity contribution in [3.63, 3.8) is 0 Å². The molecule has 0 saturated carbocycles. The summed E-state index contributed by atoms with van der Waals surface area (Å²) in [7, 11) is 1.74. The van der Waals surface area contributed by atoms with Crippen molar-refractivity contribution in [2.24, 2.45) is 7.05 Å². The predicted molar refractivity (Wildman–Crippen MR) is 70.9 cm³/mol. The van der Waals surface area contributed by atoms with Crippen LogP contribution in [0.5, 0.6) is 0 Å². The molecule has 0 aromatic carbocycles. The second-order valence-corrected chi connectivity index (χ2v) is 4.32. The van der Waals surface area contributed by atoms with Crippen LogP contribution in [0.4, 0.5) is 11.5 Å². The lowest BCUT2D eigenvalue weighted by molar-refractivity contribution is -0.384. The molecular formula is C11H12N6O4. The van der Waals surface area contributed by atoms with Gasteiger partial charge in [0.15, 0.2) is 5.82 Å². The van der Waals surface area contributed by atoms with E-state index >= 15 is 0 Å². The lowest BCUT2D eigenvalue weighted by Crippen LogP contribution is -2.14. The molecule has 21 heavy (non-hydrogen) atoms. The van der Waals surface area contributed by atoms with E-state index < -0.39 is 16.6 Å². The van der Waals surface area contributed by atoms with Gasteiger partial charge in [-0.25, -0.2) is 9.78 Å². The maximum Gasteiger partial charge on any atom is 0.337 e. The van der Waals surface area contributed by atoms with Gasteiger partial charge < -0.3 is 15.0 Å². The number of hydrogen-bond donors (Lipinski definition) is 2. The molecule has 0 aliphatic rings. The van der Waals surface area contributed by atoms with Crippen LogP contribution in [0.1, 0.15) is 29.1 Å². The highest BCUT2D eigenvalue weighted by Crippen LogP contribution is 2.26. The summed E-state index contributed by atoms with van der Waals surface area (Å²) >= 11 is 0. The number of anilines is 1. The molecule has 1 unspecified atom stereocenters. The van der Waals surface area contributed by atoms with Gasteiger partial charge >= 0.3 is 11.7 Å². The second kappa shape index (κ2) is 5.53. The zero-order valence-electron chi connectivity index (χ0n) is 11.2. The lowest BCUT2D eigenvalue weighted by Gasteiger charge is -2.13. The number of aryl methyl sites for hydroxylation is 1. The number of aromatic nitrogens is 4. The molecule has 10 heteroatoms. The fraction of sp³-hybridized carbons (Fsp3) is 0.273. The van der Waals surface area contributed by atoms with E-state index in [1.165, 1.54) is 6.33 Å². The number of nitrogens with zero attached hydrogens (tertiary/aromatic N) is 5. The van der Waals surface area contributed by atoms with Gasteiger partial charge in [-0.05, 0) is 6.92 Å². The molecule has 2 rings (SSSR count). The minimum absolute atomic E-state index is 0.0273. The monoisotopic (exact) mass is 292 g/mol. The fourth-order valence-corrected chi connectivity index (χ4v) is 1.77. The minimum atomic E-state index is -1.28. The van der Waals surface area contributed by atoms with Crippen molar-refractivity contribution in [1.82, 2.24) is 19.7 Å². The number of carboxylic acid groups (broad SMARTS) is 1. The van der Waals surface area contributed by atoms with Crippen LogP contribution in [0.25, 0.3) is 0 Å². The lowest BCUT2D eigenvalue weighted by atomic mass is 10.2. The molecule has 10 nitrogen and oxygen atoms in total. The van der Waals surface area contributed by atoms with Crippen LogP contribution in [0, 0.1) is 10.1 Å². The topological polar surface area (TPSA) is 136 Å². The summed E-state index contributed by atoms with van der Waals surface area (Å²) in [5, 5.41) is 30.3. The van der Waals surface area contributed by atoms with Gasteiger partial charge in [-0.15, -0.1) is 10.2 Å². The summed E-state index contributed by atoms with van der Waals surface area (Å²) in [6, 6.07) is 0.570. The number of carboxylic acids is 1. The van der Waals surface area contributed by atoms with E-state index in [9.17, 15) is 14.9 Å². The van der Waals surface area contributed by atoms with Crippen LogP contribution in [-0.2, 0) is 7.05 Å². The molecule has 0 saturated heterocycles.